The summed E-state index contributed by atoms with van der Waals surface area (Å²) in [5.74, 6) is -0.00717. The number of imidazole rings is 1. The zero-order valence-electron chi connectivity index (χ0n) is 17.4. The maximum absolute atomic E-state index is 11.3. The third-order valence-electron chi connectivity index (χ3n) is 6.70. The lowest BCUT2D eigenvalue weighted by Crippen LogP contribution is -2.30. The van der Waals surface area contributed by atoms with Gasteiger partial charge in [0.05, 0.1) is 30.3 Å². The third-order valence-corrected chi connectivity index (χ3v) is 7.51. The number of hydrogen-bond donors (Lipinski definition) is 4. The highest BCUT2D eigenvalue weighted by Crippen LogP contribution is 2.39. The van der Waals surface area contributed by atoms with Crippen LogP contribution in [0.3, 0.4) is 0 Å². The van der Waals surface area contributed by atoms with Gasteiger partial charge in [-0.3, -0.25) is 0 Å². The molecule has 0 radical (unpaired) electrons. The number of hydrogen-bond acceptors (Lipinski definition) is 8. The Labute approximate surface area is 185 Å². The maximum atomic E-state index is 11.3. The summed E-state index contributed by atoms with van der Waals surface area (Å²) in [5.41, 5.74) is 3.73. The zero-order valence-corrected chi connectivity index (χ0v) is 18.2. The SMILES string of the molecule is NS(=O)(=O)CC[C@H]1C[C@@H](n2cnc3c(N[C@H]4CCc5ccccc54)ncnc32)[C@H](O)[C@@H]1O. The van der Waals surface area contributed by atoms with Crippen LogP contribution in [0.4, 0.5) is 5.82 Å². The highest BCUT2D eigenvalue weighted by Gasteiger charge is 2.43. The molecule has 3 aromatic rings. The Balaban J connectivity index is 1.40. The second kappa shape index (κ2) is 8.07. The fourth-order valence-corrected chi connectivity index (χ4v) is 5.68. The van der Waals surface area contributed by atoms with Crippen molar-refractivity contribution in [2.75, 3.05) is 11.1 Å². The fraction of sp³-hybridized carbons (Fsp3) is 0.476. The van der Waals surface area contributed by atoms with E-state index in [0.717, 1.165) is 12.8 Å². The molecular weight excluding hydrogens is 432 g/mol. The predicted octanol–water partition coefficient (Wildman–Crippen LogP) is 0.887. The Hall–Kier alpha value is -2.60. The van der Waals surface area contributed by atoms with E-state index in [-0.39, 0.29) is 24.1 Å². The molecule has 2 aliphatic carbocycles. The van der Waals surface area contributed by atoms with Gasteiger partial charge >= 0.3 is 0 Å². The van der Waals surface area contributed by atoms with E-state index in [1.54, 1.807) is 10.9 Å². The van der Waals surface area contributed by atoms with Crippen LogP contribution < -0.4 is 10.5 Å². The molecule has 2 aromatic heterocycles. The molecule has 2 heterocycles. The first kappa shape index (κ1) is 21.3. The number of benzene rings is 1. The molecule has 0 bridgehead atoms. The van der Waals surface area contributed by atoms with Crippen LogP contribution in [0.15, 0.2) is 36.9 Å². The van der Waals surface area contributed by atoms with E-state index in [1.807, 2.05) is 12.1 Å². The number of primary sulfonamides is 1. The molecule has 170 valence electrons. The van der Waals surface area contributed by atoms with Gasteiger partial charge in [-0.05, 0) is 42.7 Å². The third kappa shape index (κ3) is 3.85. The molecule has 1 saturated carbocycles. The van der Waals surface area contributed by atoms with Gasteiger partial charge in [-0.2, -0.15) is 0 Å². The van der Waals surface area contributed by atoms with Gasteiger partial charge in [-0.25, -0.2) is 28.5 Å². The summed E-state index contributed by atoms with van der Waals surface area (Å²) in [7, 11) is -3.64. The summed E-state index contributed by atoms with van der Waals surface area (Å²) in [6, 6.07) is 7.99. The topological polar surface area (TPSA) is 156 Å². The summed E-state index contributed by atoms with van der Waals surface area (Å²) in [4.78, 5) is 13.3. The van der Waals surface area contributed by atoms with Crippen LogP contribution in [-0.4, -0.2) is 56.1 Å². The van der Waals surface area contributed by atoms with Crippen molar-refractivity contribution in [3.05, 3.63) is 48.0 Å². The lowest BCUT2D eigenvalue weighted by Gasteiger charge is -2.18. The molecular formula is C21H26N6O4S. The van der Waals surface area contributed by atoms with Crippen molar-refractivity contribution in [3.63, 3.8) is 0 Å². The number of nitrogens with two attached hydrogens (primary N) is 1. The van der Waals surface area contributed by atoms with E-state index in [2.05, 4.69) is 32.4 Å². The minimum atomic E-state index is -3.64. The first-order chi connectivity index (χ1) is 15.3. The minimum Gasteiger partial charge on any atom is -0.390 e. The molecule has 5 N–H and O–H groups in total. The van der Waals surface area contributed by atoms with Crippen molar-refractivity contribution >= 4 is 27.0 Å². The lowest BCUT2D eigenvalue weighted by molar-refractivity contribution is 0.00624. The maximum Gasteiger partial charge on any atom is 0.209 e. The van der Waals surface area contributed by atoms with Crippen LogP contribution >= 0.6 is 0 Å². The summed E-state index contributed by atoms with van der Waals surface area (Å²) in [6.45, 7) is 0. The number of fused-ring (bicyclic) bond motifs is 2. The van der Waals surface area contributed by atoms with Gasteiger partial charge in [0.15, 0.2) is 11.5 Å². The quantitative estimate of drug-likeness (QED) is 0.424. The Morgan fingerprint density at radius 3 is 2.78 bits per heavy atom. The molecule has 0 saturated heterocycles. The van der Waals surface area contributed by atoms with Gasteiger partial charge in [0.25, 0.3) is 0 Å². The van der Waals surface area contributed by atoms with E-state index in [0.29, 0.717) is 23.4 Å². The van der Waals surface area contributed by atoms with Crippen LogP contribution in [0.2, 0.25) is 0 Å². The van der Waals surface area contributed by atoms with E-state index in [1.165, 1.54) is 17.5 Å². The Morgan fingerprint density at radius 2 is 1.97 bits per heavy atom. The summed E-state index contributed by atoms with van der Waals surface area (Å²) in [5, 5.41) is 29.7. The molecule has 5 atom stereocenters. The number of sulfonamides is 1. The molecule has 2 aliphatic rings. The van der Waals surface area contributed by atoms with Crippen LogP contribution in [0.25, 0.3) is 11.2 Å². The normalized spacial score (nSPS) is 27.7. The highest BCUT2D eigenvalue weighted by atomic mass is 32.2. The first-order valence-corrected chi connectivity index (χ1v) is 12.4. The number of nitrogens with one attached hydrogen (secondary N) is 1. The molecule has 0 amide bonds. The van der Waals surface area contributed by atoms with Crippen molar-refractivity contribution < 1.29 is 18.6 Å². The fourth-order valence-electron chi connectivity index (χ4n) is 5.05. The Bertz CT molecular complexity index is 1250. The standard InChI is InChI=1S/C21H26N6O4S/c22-32(30,31)8-7-13-9-16(19(29)18(13)28)27-11-25-17-20(23-10-24-21(17)27)26-15-6-5-12-3-1-2-4-14(12)15/h1-4,10-11,13,15-16,18-19,28-29H,5-9H2,(H2,22,30,31)(H,23,24,26)/t13-,15-,16+,18+,19-/m0/s1. The van der Waals surface area contributed by atoms with Crippen LogP contribution in [-0.2, 0) is 16.4 Å². The summed E-state index contributed by atoms with van der Waals surface area (Å²) < 4.78 is 24.4. The molecule has 32 heavy (non-hydrogen) atoms. The van der Waals surface area contributed by atoms with E-state index in [9.17, 15) is 18.6 Å². The second-order valence-corrected chi connectivity index (χ2v) is 10.4. The molecule has 10 nitrogen and oxygen atoms in total. The summed E-state index contributed by atoms with van der Waals surface area (Å²) >= 11 is 0. The van der Waals surface area contributed by atoms with Gasteiger partial charge in [-0.15, -0.1) is 0 Å². The van der Waals surface area contributed by atoms with Crippen LogP contribution in [0.5, 0.6) is 0 Å². The second-order valence-electron chi connectivity index (χ2n) is 8.68. The molecule has 5 rings (SSSR count). The number of aliphatic hydroxyl groups excluding tert-OH is 2. The van der Waals surface area contributed by atoms with Crippen molar-refractivity contribution in [1.29, 1.82) is 0 Å². The Morgan fingerprint density at radius 1 is 1.16 bits per heavy atom. The van der Waals surface area contributed by atoms with Crippen LogP contribution in [0.1, 0.15) is 42.5 Å². The van der Waals surface area contributed by atoms with E-state index >= 15 is 0 Å². The molecule has 11 heteroatoms. The average Bonchev–Trinajstić information content (AvgIpc) is 3.44. The number of anilines is 1. The smallest absolute Gasteiger partial charge is 0.209 e. The number of rotatable bonds is 6. The zero-order chi connectivity index (χ0) is 22.5. The van der Waals surface area contributed by atoms with E-state index in [4.69, 9.17) is 5.14 Å². The van der Waals surface area contributed by atoms with Gasteiger partial charge in [0.1, 0.15) is 17.9 Å². The molecule has 0 spiro atoms. The number of aromatic nitrogens is 4. The Kier molecular flexibility index (Phi) is 5.36. The van der Waals surface area contributed by atoms with Crippen molar-refractivity contribution in [2.45, 2.75) is 50.0 Å². The van der Waals surface area contributed by atoms with Crippen molar-refractivity contribution in [3.8, 4) is 0 Å². The van der Waals surface area contributed by atoms with E-state index < -0.39 is 28.3 Å². The molecule has 1 fully saturated rings. The molecule has 0 aliphatic heterocycles. The van der Waals surface area contributed by atoms with Gasteiger partial charge in [0, 0.05) is 0 Å². The molecule has 1 aromatic carbocycles. The minimum absolute atomic E-state index is 0.135. The van der Waals surface area contributed by atoms with Crippen molar-refractivity contribution in [1.82, 2.24) is 19.5 Å². The van der Waals surface area contributed by atoms with Gasteiger partial charge in [0.2, 0.25) is 10.0 Å². The largest absolute Gasteiger partial charge is 0.390 e. The first-order valence-electron chi connectivity index (χ1n) is 10.7. The lowest BCUT2D eigenvalue weighted by atomic mass is 10.0. The van der Waals surface area contributed by atoms with Gasteiger partial charge < -0.3 is 20.1 Å². The molecule has 0 unspecified atom stereocenters. The average molecular weight is 459 g/mol. The number of aliphatic hydroxyl groups is 2. The highest BCUT2D eigenvalue weighted by molar-refractivity contribution is 7.89. The summed E-state index contributed by atoms with van der Waals surface area (Å²) in [6.07, 6.45) is 3.48. The monoisotopic (exact) mass is 458 g/mol. The van der Waals surface area contributed by atoms with Crippen LogP contribution in [0, 0.1) is 5.92 Å². The number of nitrogens with zero attached hydrogens (tertiary/aromatic N) is 4. The predicted molar refractivity (Wildman–Crippen MR) is 118 cm³/mol. The van der Waals surface area contributed by atoms with Crippen molar-refractivity contribution in [2.24, 2.45) is 11.1 Å². The van der Waals surface area contributed by atoms with Gasteiger partial charge in [-0.1, -0.05) is 24.3 Å². The number of aryl methyl sites for hydroxylation is 1.